The number of carbonyl (C=O) groups is 2. The van der Waals surface area contributed by atoms with Gasteiger partial charge < -0.3 is 24.8 Å². The standard InChI is InChI=1S/C19H27N3O5/c1-25-15-5-4-14(16(26-2)17(15)27-3)19(24)22-10-13(11-22)21-8-6-12(7-9-21)18(20)23/h4-5,12-13H,6-11H2,1-3H3,(H2,20,23). The Morgan fingerprint density at radius 3 is 2.15 bits per heavy atom. The van der Waals surface area contributed by atoms with Gasteiger partial charge in [-0.3, -0.25) is 14.5 Å². The highest BCUT2D eigenvalue weighted by atomic mass is 16.5. The van der Waals surface area contributed by atoms with Crippen LogP contribution >= 0.6 is 0 Å². The van der Waals surface area contributed by atoms with Gasteiger partial charge in [0.15, 0.2) is 11.5 Å². The lowest BCUT2D eigenvalue weighted by atomic mass is 9.93. The van der Waals surface area contributed by atoms with E-state index in [1.165, 1.54) is 14.2 Å². The minimum absolute atomic E-state index is 0.0184. The molecule has 0 radical (unpaired) electrons. The van der Waals surface area contributed by atoms with Gasteiger partial charge in [-0.05, 0) is 38.1 Å². The number of piperidine rings is 1. The number of methoxy groups -OCH3 is 3. The lowest BCUT2D eigenvalue weighted by molar-refractivity contribution is -0.123. The van der Waals surface area contributed by atoms with E-state index in [1.807, 2.05) is 0 Å². The van der Waals surface area contributed by atoms with Gasteiger partial charge in [-0.15, -0.1) is 0 Å². The molecule has 2 heterocycles. The zero-order valence-corrected chi connectivity index (χ0v) is 16.1. The minimum atomic E-state index is -0.208. The summed E-state index contributed by atoms with van der Waals surface area (Å²) in [4.78, 5) is 28.3. The van der Waals surface area contributed by atoms with Crippen molar-refractivity contribution in [2.24, 2.45) is 11.7 Å². The third kappa shape index (κ3) is 3.66. The van der Waals surface area contributed by atoms with Crippen molar-refractivity contribution >= 4 is 11.8 Å². The van der Waals surface area contributed by atoms with Crippen molar-refractivity contribution in [3.05, 3.63) is 17.7 Å². The maximum atomic E-state index is 12.9. The Morgan fingerprint density at radius 2 is 1.63 bits per heavy atom. The van der Waals surface area contributed by atoms with Crippen LogP contribution in [0.5, 0.6) is 17.2 Å². The molecule has 0 unspecified atom stereocenters. The Morgan fingerprint density at radius 1 is 1.00 bits per heavy atom. The summed E-state index contributed by atoms with van der Waals surface area (Å²) in [7, 11) is 4.57. The van der Waals surface area contributed by atoms with Crippen molar-refractivity contribution < 1.29 is 23.8 Å². The molecule has 2 amide bonds. The largest absolute Gasteiger partial charge is 0.493 e. The Kier molecular flexibility index (Phi) is 5.74. The van der Waals surface area contributed by atoms with E-state index in [0.29, 0.717) is 41.9 Å². The topological polar surface area (TPSA) is 94.3 Å². The van der Waals surface area contributed by atoms with Crippen LogP contribution in [-0.2, 0) is 4.79 Å². The Hall–Kier alpha value is -2.48. The summed E-state index contributed by atoms with van der Waals surface area (Å²) in [5.41, 5.74) is 5.85. The van der Waals surface area contributed by atoms with E-state index in [1.54, 1.807) is 24.1 Å². The molecule has 2 saturated heterocycles. The zero-order chi connectivity index (χ0) is 19.6. The number of ether oxygens (including phenoxy) is 3. The number of likely N-dealkylation sites (tertiary alicyclic amines) is 2. The van der Waals surface area contributed by atoms with Crippen LogP contribution in [0.15, 0.2) is 12.1 Å². The van der Waals surface area contributed by atoms with Crippen LogP contribution in [0.4, 0.5) is 0 Å². The number of hydrogen-bond donors (Lipinski definition) is 1. The van der Waals surface area contributed by atoms with E-state index in [0.717, 1.165) is 25.9 Å². The second kappa shape index (κ2) is 8.04. The number of rotatable bonds is 6. The van der Waals surface area contributed by atoms with Crippen molar-refractivity contribution in [2.45, 2.75) is 18.9 Å². The van der Waals surface area contributed by atoms with Gasteiger partial charge in [0.2, 0.25) is 11.7 Å². The van der Waals surface area contributed by atoms with Crippen LogP contribution in [0.2, 0.25) is 0 Å². The fourth-order valence-corrected chi connectivity index (χ4v) is 3.84. The molecule has 2 fully saturated rings. The monoisotopic (exact) mass is 377 g/mol. The summed E-state index contributed by atoms with van der Waals surface area (Å²) in [6.07, 6.45) is 1.59. The van der Waals surface area contributed by atoms with Gasteiger partial charge in [0, 0.05) is 25.0 Å². The Bertz CT molecular complexity index is 710. The van der Waals surface area contributed by atoms with Crippen molar-refractivity contribution in [1.82, 2.24) is 9.80 Å². The zero-order valence-electron chi connectivity index (χ0n) is 16.1. The second-order valence-electron chi connectivity index (χ2n) is 6.96. The molecule has 27 heavy (non-hydrogen) atoms. The fraction of sp³-hybridized carbons (Fsp3) is 0.579. The number of hydrogen-bond acceptors (Lipinski definition) is 6. The van der Waals surface area contributed by atoms with Gasteiger partial charge in [0.25, 0.3) is 5.91 Å². The predicted octanol–water partition coefficient (Wildman–Crippen LogP) is 0.734. The van der Waals surface area contributed by atoms with Crippen LogP contribution in [0.25, 0.3) is 0 Å². The summed E-state index contributed by atoms with van der Waals surface area (Å²) in [5.74, 6) is 1.00. The maximum Gasteiger partial charge on any atom is 0.257 e. The molecule has 0 bridgehead atoms. The smallest absolute Gasteiger partial charge is 0.257 e. The lowest BCUT2D eigenvalue weighted by Crippen LogP contribution is -2.62. The summed E-state index contributed by atoms with van der Waals surface area (Å²) in [6.45, 7) is 3.02. The average molecular weight is 377 g/mol. The highest BCUT2D eigenvalue weighted by Crippen LogP contribution is 2.40. The van der Waals surface area contributed by atoms with E-state index in [2.05, 4.69) is 4.90 Å². The first kappa shape index (κ1) is 19.3. The number of nitrogens with two attached hydrogens (primary N) is 1. The maximum absolute atomic E-state index is 12.9. The summed E-state index contributed by atoms with van der Waals surface area (Å²) >= 11 is 0. The average Bonchev–Trinajstić information content (AvgIpc) is 2.65. The molecule has 8 nitrogen and oxygen atoms in total. The highest BCUT2D eigenvalue weighted by Gasteiger charge is 2.38. The van der Waals surface area contributed by atoms with Crippen LogP contribution in [0.3, 0.4) is 0 Å². The first-order valence-electron chi connectivity index (χ1n) is 9.11. The van der Waals surface area contributed by atoms with E-state index in [9.17, 15) is 9.59 Å². The van der Waals surface area contributed by atoms with Gasteiger partial charge in [-0.1, -0.05) is 0 Å². The van der Waals surface area contributed by atoms with E-state index >= 15 is 0 Å². The first-order valence-corrected chi connectivity index (χ1v) is 9.11. The third-order valence-electron chi connectivity index (χ3n) is 5.53. The molecule has 0 aliphatic carbocycles. The molecule has 2 aliphatic heterocycles. The molecule has 0 spiro atoms. The first-order chi connectivity index (χ1) is 13.0. The lowest BCUT2D eigenvalue weighted by Gasteiger charge is -2.47. The van der Waals surface area contributed by atoms with Gasteiger partial charge >= 0.3 is 0 Å². The SMILES string of the molecule is COc1ccc(C(=O)N2CC(N3CCC(C(N)=O)CC3)C2)c(OC)c1OC. The molecule has 8 heteroatoms. The highest BCUT2D eigenvalue weighted by molar-refractivity contribution is 5.98. The Labute approximate surface area is 159 Å². The number of nitrogens with zero attached hydrogens (tertiary/aromatic N) is 2. The molecule has 0 saturated carbocycles. The summed E-state index contributed by atoms with van der Waals surface area (Å²) in [5, 5.41) is 0. The molecule has 148 valence electrons. The molecule has 2 aliphatic rings. The molecule has 0 aromatic heterocycles. The van der Waals surface area contributed by atoms with Crippen LogP contribution in [0, 0.1) is 5.92 Å². The number of benzene rings is 1. The van der Waals surface area contributed by atoms with Crippen molar-refractivity contribution in [3.8, 4) is 17.2 Å². The number of carbonyl (C=O) groups excluding carboxylic acids is 2. The molecule has 1 aromatic carbocycles. The van der Waals surface area contributed by atoms with Gasteiger partial charge in [-0.25, -0.2) is 0 Å². The molecular formula is C19H27N3O5. The predicted molar refractivity (Wildman–Crippen MR) is 99.3 cm³/mol. The van der Waals surface area contributed by atoms with Gasteiger partial charge in [0.1, 0.15) is 0 Å². The number of primary amides is 1. The van der Waals surface area contributed by atoms with Gasteiger partial charge in [-0.2, -0.15) is 0 Å². The quantitative estimate of drug-likeness (QED) is 0.786. The van der Waals surface area contributed by atoms with Crippen molar-refractivity contribution in [2.75, 3.05) is 47.5 Å². The summed E-state index contributed by atoms with van der Waals surface area (Å²) in [6, 6.07) is 3.74. The van der Waals surface area contributed by atoms with Crippen molar-refractivity contribution in [1.29, 1.82) is 0 Å². The van der Waals surface area contributed by atoms with Gasteiger partial charge in [0.05, 0.1) is 26.9 Å². The Balaban J connectivity index is 1.63. The minimum Gasteiger partial charge on any atom is -0.493 e. The van der Waals surface area contributed by atoms with Crippen LogP contribution in [0.1, 0.15) is 23.2 Å². The molecule has 1 aromatic rings. The molecule has 2 N–H and O–H groups in total. The molecule has 0 atom stereocenters. The van der Waals surface area contributed by atoms with Crippen molar-refractivity contribution in [3.63, 3.8) is 0 Å². The molecular weight excluding hydrogens is 350 g/mol. The van der Waals surface area contributed by atoms with E-state index < -0.39 is 0 Å². The third-order valence-corrected chi connectivity index (χ3v) is 5.53. The van der Waals surface area contributed by atoms with Crippen LogP contribution < -0.4 is 19.9 Å². The number of amides is 2. The second-order valence-corrected chi connectivity index (χ2v) is 6.96. The fourth-order valence-electron chi connectivity index (χ4n) is 3.84. The summed E-state index contributed by atoms with van der Waals surface area (Å²) < 4.78 is 16.0. The normalized spacial score (nSPS) is 18.7. The molecule has 3 rings (SSSR count). The van der Waals surface area contributed by atoms with Crippen LogP contribution in [-0.4, -0.2) is 75.2 Å². The van der Waals surface area contributed by atoms with E-state index in [4.69, 9.17) is 19.9 Å². The van der Waals surface area contributed by atoms with E-state index in [-0.39, 0.29) is 17.7 Å².